The summed E-state index contributed by atoms with van der Waals surface area (Å²) in [6.07, 6.45) is 3.39. The zero-order chi connectivity index (χ0) is 9.68. The van der Waals surface area contributed by atoms with Gasteiger partial charge in [0, 0.05) is 0 Å². The molecule has 1 aromatic rings. The van der Waals surface area contributed by atoms with Gasteiger partial charge in [-0.1, -0.05) is 31.2 Å². The van der Waals surface area contributed by atoms with Crippen LogP contribution in [0.5, 0.6) is 0 Å². The lowest BCUT2D eigenvalue weighted by Gasteiger charge is -2.06. The lowest BCUT2D eigenvalue weighted by molar-refractivity contribution is -0.104. The number of benzene rings is 1. The lowest BCUT2D eigenvalue weighted by atomic mass is 9.99. The van der Waals surface area contributed by atoms with Crippen LogP contribution >= 0.6 is 0 Å². The molecule has 0 aliphatic heterocycles. The fourth-order valence-corrected chi connectivity index (χ4v) is 1.41. The van der Waals surface area contributed by atoms with E-state index < -0.39 is 0 Å². The van der Waals surface area contributed by atoms with Gasteiger partial charge in [-0.15, -0.1) is 0 Å². The summed E-state index contributed by atoms with van der Waals surface area (Å²) in [6.45, 7) is 4.12. The number of allylic oxidation sites excluding steroid dienone is 2. The van der Waals surface area contributed by atoms with Gasteiger partial charge in [0.25, 0.3) is 0 Å². The second kappa shape index (κ2) is 4.61. The van der Waals surface area contributed by atoms with Crippen molar-refractivity contribution in [3.8, 4) is 0 Å². The standard InChI is InChI=1S/C12H14O/c1-3-11(8-9-13)12-7-5-4-6-10(12)2/h4-9H,3H2,1-2H3/b11-8-. The van der Waals surface area contributed by atoms with Gasteiger partial charge < -0.3 is 0 Å². The van der Waals surface area contributed by atoms with Crippen molar-refractivity contribution in [2.75, 3.05) is 0 Å². The first kappa shape index (κ1) is 9.72. The van der Waals surface area contributed by atoms with Crippen LogP contribution in [0, 0.1) is 6.92 Å². The topological polar surface area (TPSA) is 17.1 Å². The van der Waals surface area contributed by atoms with E-state index in [2.05, 4.69) is 19.9 Å². The van der Waals surface area contributed by atoms with Gasteiger partial charge in [-0.3, -0.25) is 4.79 Å². The molecule has 0 radical (unpaired) electrons. The molecular weight excluding hydrogens is 160 g/mol. The SMILES string of the molecule is CC/C(=C/C=O)c1ccccc1C. The van der Waals surface area contributed by atoms with E-state index in [0.717, 1.165) is 18.3 Å². The third-order valence-electron chi connectivity index (χ3n) is 2.14. The van der Waals surface area contributed by atoms with Crippen molar-refractivity contribution in [1.29, 1.82) is 0 Å². The Balaban J connectivity index is 3.12. The number of hydrogen-bond donors (Lipinski definition) is 0. The summed E-state index contributed by atoms with van der Waals surface area (Å²) in [6, 6.07) is 8.11. The maximum atomic E-state index is 10.4. The number of aldehydes is 1. The molecule has 0 heterocycles. The minimum atomic E-state index is 0.852. The summed E-state index contributed by atoms with van der Waals surface area (Å²) < 4.78 is 0. The summed E-state index contributed by atoms with van der Waals surface area (Å²) in [7, 11) is 0. The van der Waals surface area contributed by atoms with Gasteiger partial charge in [-0.25, -0.2) is 0 Å². The second-order valence-corrected chi connectivity index (χ2v) is 3.00. The molecule has 1 rings (SSSR count). The lowest BCUT2D eigenvalue weighted by Crippen LogP contribution is -1.87. The van der Waals surface area contributed by atoms with Crippen molar-refractivity contribution in [3.05, 3.63) is 41.5 Å². The molecule has 1 aromatic carbocycles. The molecule has 0 bridgehead atoms. The smallest absolute Gasteiger partial charge is 0.143 e. The summed E-state index contributed by atoms with van der Waals surface area (Å²) in [5, 5.41) is 0. The van der Waals surface area contributed by atoms with Crippen LogP contribution in [-0.4, -0.2) is 6.29 Å². The Morgan fingerprint density at radius 3 is 2.62 bits per heavy atom. The van der Waals surface area contributed by atoms with Crippen LogP contribution in [-0.2, 0) is 4.79 Å². The fourth-order valence-electron chi connectivity index (χ4n) is 1.41. The Morgan fingerprint density at radius 2 is 2.08 bits per heavy atom. The van der Waals surface area contributed by atoms with Crippen LogP contribution in [0.1, 0.15) is 24.5 Å². The van der Waals surface area contributed by atoms with Gasteiger partial charge in [-0.2, -0.15) is 0 Å². The van der Waals surface area contributed by atoms with Crippen molar-refractivity contribution in [1.82, 2.24) is 0 Å². The Morgan fingerprint density at radius 1 is 1.38 bits per heavy atom. The van der Waals surface area contributed by atoms with Crippen molar-refractivity contribution in [2.45, 2.75) is 20.3 Å². The molecule has 0 amide bonds. The normalized spacial score (nSPS) is 11.4. The molecule has 0 atom stereocenters. The molecule has 68 valence electrons. The Hall–Kier alpha value is -1.37. The van der Waals surface area contributed by atoms with Crippen LogP contribution in [0.25, 0.3) is 5.57 Å². The summed E-state index contributed by atoms with van der Waals surface area (Å²) >= 11 is 0. The first-order valence-electron chi connectivity index (χ1n) is 4.50. The average Bonchev–Trinajstić information content (AvgIpc) is 2.16. The van der Waals surface area contributed by atoms with Crippen LogP contribution in [0.4, 0.5) is 0 Å². The molecule has 1 heteroatoms. The van der Waals surface area contributed by atoms with Gasteiger partial charge in [0.05, 0.1) is 0 Å². The van der Waals surface area contributed by atoms with Gasteiger partial charge in [0.1, 0.15) is 6.29 Å². The Bertz CT molecular complexity index is 324. The summed E-state index contributed by atoms with van der Waals surface area (Å²) in [5.41, 5.74) is 3.50. The highest BCUT2D eigenvalue weighted by Crippen LogP contribution is 2.20. The van der Waals surface area contributed by atoms with Crippen LogP contribution < -0.4 is 0 Å². The third-order valence-corrected chi connectivity index (χ3v) is 2.14. The fraction of sp³-hybridized carbons (Fsp3) is 0.250. The number of hydrogen-bond acceptors (Lipinski definition) is 1. The molecule has 0 N–H and O–H groups in total. The minimum Gasteiger partial charge on any atom is -0.299 e. The van der Waals surface area contributed by atoms with E-state index in [9.17, 15) is 4.79 Å². The average molecular weight is 174 g/mol. The van der Waals surface area contributed by atoms with E-state index in [4.69, 9.17) is 0 Å². The quantitative estimate of drug-likeness (QED) is 0.508. The van der Waals surface area contributed by atoms with Crippen LogP contribution in [0.3, 0.4) is 0 Å². The van der Waals surface area contributed by atoms with Crippen LogP contribution in [0.15, 0.2) is 30.3 Å². The molecule has 0 unspecified atom stereocenters. The van der Waals surface area contributed by atoms with Gasteiger partial charge in [0.2, 0.25) is 0 Å². The number of carbonyl (C=O) groups is 1. The van der Waals surface area contributed by atoms with E-state index in [-0.39, 0.29) is 0 Å². The summed E-state index contributed by atoms with van der Waals surface area (Å²) in [4.78, 5) is 10.4. The van der Waals surface area contributed by atoms with Crippen LogP contribution in [0.2, 0.25) is 0 Å². The minimum absolute atomic E-state index is 0.852. The predicted molar refractivity (Wildman–Crippen MR) is 55.5 cm³/mol. The zero-order valence-corrected chi connectivity index (χ0v) is 8.08. The van der Waals surface area contributed by atoms with E-state index >= 15 is 0 Å². The van der Waals surface area contributed by atoms with Crippen molar-refractivity contribution >= 4 is 11.9 Å². The van der Waals surface area contributed by atoms with Crippen molar-refractivity contribution < 1.29 is 4.79 Å². The Kier molecular flexibility index (Phi) is 3.44. The van der Waals surface area contributed by atoms with E-state index in [1.54, 1.807) is 6.08 Å². The molecule has 0 saturated heterocycles. The Labute approximate surface area is 79.1 Å². The van der Waals surface area contributed by atoms with Crippen molar-refractivity contribution in [2.24, 2.45) is 0 Å². The second-order valence-electron chi connectivity index (χ2n) is 3.00. The largest absolute Gasteiger partial charge is 0.299 e. The van der Waals surface area contributed by atoms with Gasteiger partial charge in [-0.05, 0) is 36.1 Å². The molecule has 0 aliphatic rings. The zero-order valence-electron chi connectivity index (χ0n) is 8.08. The molecule has 0 aliphatic carbocycles. The monoisotopic (exact) mass is 174 g/mol. The molecule has 0 saturated carbocycles. The number of carbonyl (C=O) groups excluding carboxylic acids is 1. The molecule has 13 heavy (non-hydrogen) atoms. The number of rotatable bonds is 3. The highest BCUT2D eigenvalue weighted by molar-refractivity contribution is 5.82. The summed E-state index contributed by atoms with van der Waals surface area (Å²) in [5.74, 6) is 0. The first-order chi connectivity index (χ1) is 6.29. The maximum absolute atomic E-state index is 10.4. The van der Waals surface area contributed by atoms with E-state index in [0.29, 0.717) is 0 Å². The predicted octanol–water partition coefficient (Wildman–Crippen LogP) is 2.99. The van der Waals surface area contributed by atoms with E-state index in [1.165, 1.54) is 11.1 Å². The molecule has 0 spiro atoms. The molecular formula is C12H14O. The van der Waals surface area contributed by atoms with E-state index in [1.807, 2.05) is 18.2 Å². The van der Waals surface area contributed by atoms with Gasteiger partial charge >= 0.3 is 0 Å². The molecule has 0 fully saturated rings. The third kappa shape index (κ3) is 2.28. The maximum Gasteiger partial charge on any atom is 0.143 e. The number of aryl methyl sites for hydroxylation is 1. The highest BCUT2D eigenvalue weighted by Gasteiger charge is 2.00. The molecule has 1 nitrogen and oxygen atoms in total. The highest BCUT2D eigenvalue weighted by atomic mass is 16.1. The first-order valence-corrected chi connectivity index (χ1v) is 4.50. The molecule has 0 aromatic heterocycles. The van der Waals surface area contributed by atoms with Gasteiger partial charge in [0.15, 0.2) is 0 Å². The van der Waals surface area contributed by atoms with Crippen molar-refractivity contribution in [3.63, 3.8) is 0 Å².